The number of fused-ring (bicyclic) bond motifs is 1. The van der Waals surface area contributed by atoms with Crippen LogP contribution in [-0.2, 0) is 9.53 Å². The van der Waals surface area contributed by atoms with E-state index in [-0.39, 0.29) is 23.9 Å². The molecule has 1 aliphatic rings. The minimum absolute atomic E-state index is 0.140. The molecule has 0 radical (unpaired) electrons. The first kappa shape index (κ1) is 17.0. The molecule has 0 saturated heterocycles. The molecule has 8 heteroatoms. The molecule has 8 nitrogen and oxygen atoms in total. The number of hydrogen-bond acceptors (Lipinski definition) is 5. The van der Waals surface area contributed by atoms with Crippen LogP contribution in [0.3, 0.4) is 0 Å². The summed E-state index contributed by atoms with van der Waals surface area (Å²) in [6.07, 6.45) is 1.78. The van der Waals surface area contributed by atoms with Crippen molar-refractivity contribution in [2.75, 3.05) is 12.4 Å². The summed E-state index contributed by atoms with van der Waals surface area (Å²) in [7, 11) is 1.31. The van der Waals surface area contributed by atoms with Crippen LogP contribution in [-0.4, -0.2) is 39.0 Å². The predicted molar refractivity (Wildman–Crippen MR) is 98.1 cm³/mol. The summed E-state index contributed by atoms with van der Waals surface area (Å²) >= 11 is 0. The minimum atomic E-state index is -0.515. The molecule has 2 aromatic heterocycles. The zero-order valence-corrected chi connectivity index (χ0v) is 15.2. The molecule has 27 heavy (non-hydrogen) atoms. The normalized spacial score (nSPS) is 16.0. The van der Waals surface area contributed by atoms with Gasteiger partial charge in [-0.3, -0.25) is 9.89 Å². The molecule has 0 spiro atoms. The second-order valence-corrected chi connectivity index (χ2v) is 6.54. The van der Waals surface area contributed by atoms with Gasteiger partial charge in [-0.15, -0.1) is 0 Å². The molecule has 1 unspecified atom stereocenters. The number of methoxy groups -OCH3 is 1. The van der Waals surface area contributed by atoms with Gasteiger partial charge in [-0.05, 0) is 25.5 Å². The molecule has 0 bridgehead atoms. The quantitative estimate of drug-likeness (QED) is 0.694. The van der Waals surface area contributed by atoms with Crippen molar-refractivity contribution in [1.29, 1.82) is 0 Å². The van der Waals surface area contributed by atoms with E-state index in [4.69, 9.17) is 4.74 Å². The minimum Gasteiger partial charge on any atom is -0.464 e. The number of benzene rings is 1. The number of hydrogen-bond donors (Lipinski definition) is 2. The highest BCUT2D eigenvalue weighted by Gasteiger charge is 2.35. The van der Waals surface area contributed by atoms with Crippen molar-refractivity contribution >= 4 is 17.7 Å². The van der Waals surface area contributed by atoms with Gasteiger partial charge in [0.2, 0.25) is 5.91 Å². The van der Waals surface area contributed by atoms with E-state index in [0.29, 0.717) is 11.4 Å². The molecule has 3 heterocycles. The number of ether oxygens (including phenoxy) is 1. The summed E-state index contributed by atoms with van der Waals surface area (Å²) < 4.78 is 6.58. The second-order valence-electron chi connectivity index (χ2n) is 6.54. The topological polar surface area (TPSA) is 102 Å². The molecule has 1 aliphatic heterocycles. The molecule has 1 atom stereocenters. The molecule has 0 saturated carbocycles. The largest absolute Gasteiger partial charge is 0.464 e. The van der Waals surface area contributed by atoms with Crippen molar-refractivity contribution in [3.63, 3.8) is 0 Å². The van der Waals surface area contributed by atoms with E-state index in [1.165, 1.54) is 7.11 Å². The fraction of sp³-hybridized carbons (Fsp3) is 0.263. The van der Waals surface area contributed by atoms with Gasteiger partial charge in [0.05, 0.1) is 24.7 Å². The lowest BCUT2D eigenvalue weighted by atomic mass is 9.86. The van der Waals surface area contributed by atoms with Gasteiger partial charge < -0.3 is 10.1 Å². The molecular weight excluding hydrogens is 346 g/mol. The Kier molecular flexibility index (Phi) is 4.02. The predicted octanol–water partition coefficient (Wildman–Crippen LogP) is 2.47. The maximum absolute atomic E-state index is 12.5. The van der Waals surface area contributed by atoms with E-state index >= 15 is 0 Å². The number of nitrogens with zero attached hydrogens (tertiary/aromatic N) is 3. The summed E-state index contributed by atoms with van der Waals surface area (Å²) in [5.74, 6) is -0.363. The van der Waals surface area contributed by atoms with Gasteiger partial charge in [0.15, 0.2) is 0 Å². The first-order valence-corrected chi connectivity index (χ1v) is 8.58. The maximum atomic E-state index is 12.5. The number of amides is 1. The first-order valence-electron chi connectivity index (χ1n) is 8.58. The lowest BCUT2D eigenvalue weighted by Crippen LogP contribution is -2.25. The van der Waals surface area contributed by atoms with E-state index in [1.807, 2.05) is 38.1 Å². The number of carbonyl (C=O) groups is 2. The summed E-state index contributed by atoms with van der Waals surface area (Å²) in [4.78, 5) is 24.5. The Morgan fingerprint density at radius 1 is 1.30 bits per heavy atom. The lowest BCUT2D eigenvalue weighted by Gasteiger charge is -2.24. The van der Waals surface area contributed by atoms with Crippen molar-refractivity contribution in [2.24, 2.45) is 0 Å². The van der Waals surface area contributed by atoms with E-state index in [9.17, 15) is 9.59 Å². The van der Waals surface area contributed by atoms with Crippen LogP contribution in [0.5, 0.6) is 0 Å². The third-order valence-electron chi connectivity index (χ3n) is 4.88. The summed E-state index contributed by atoms with van der Waals surface area (Å²) in [5, 5.41) is 14.3. The standard InChI is InChI=1S/C19H19N5O3/c1-10-6-4-5-7-14(10)24-18-16(11(2)23-24)12(8-15(25)21-18)13-9-20-22-17(13)19(26)27-3/h4-7,9,12H,8H2,1-3H3,(H,20,22)(H,21,25). The lowest BCUT2D eigenvalue weighted by molar-refractivity contribution is -0.116. The maximum Gasteiger partial charge on any atom is 0.356 e. The summed E-state index contributed by atoms with van der Waals surface area (Å²) in [6.45, 7) is 3.89. The number of rotatable bonds is 3. The zero-order chi connectivity index (χ0) is 19.1. The smallest absolute Gasteiger partial charge is 0.356 e. The van der Waals surface area contributed by atoms with Crippen LogP contribution in [0.4, 0.5) is 5.82 Å². The number of nitrogens with one attached hydrogen (secondary N) is 2. The van der Waals surface area contributed by atoms with Crippen LogP contribution in [0.25, 0.3) is 5.69 Å². The fourth-order valence-electron chi connectivity index (χ4n) is 3.61. The van der Waals surface area contributed by atoms with Gasteiger partial charge in [0, 0.05) is 23.5 Å². The molecule has 0 fully saturated rings. The third kappa shape index (κ3) is 2.69. The van der Waals surface area contributed by atoms with E-state index in [1.54, 1.807) is 10.9 Å². The number of aromatic amines is 1. The van der Waals surface area contributed by atoms with Crippen LogP contribution < -0.4 is 5.32 Å². The molecule has 138 valence electrons. The SMILES string of the molecule is COC(=O)c1[nH]ncc1C1CC(=O)Nc2c1c(C)nn2-c1ccccc1C. The number of aromatic nitrogens is 4. The Morgan fingerprint density at radius 2 is 2.07 bits per heavy atom. The fourth-order valence-corrected chi connectivity index (χ4v) is 3.61. The number of anilines is 1. The van der Waals surface area contributed by atoms with Crippen LogP contribution in [0, 0.1) is 13.8 Å². The van der Waals surface area contributed by atoms with Crippen molar-refractivity contribution in [1.82, 2.24) is 20.0 Å². The molecule has 2 N–H and O–H groups in total. The Bertz CT molecular complexity index is 1050. The van der Waals surface area contributed by atoms with Gasteiger partial charge in [-0.2, -0.15) is 10.2 Å². The summed E-state index contributed by atoms with van der Waals surface area (Å²) in [6, 6.07) is 7.83. The van der Waals surface area contributed by atoms with Crippen LogP contribution >= 0.6 is 0 Å². The number of carbonyl (C=O) groups excluding carboxylic acids is 2. The monoisotopic (exact) mass is 365 g/mol. The molecule has 3 aromatic rings. The zero-order valence-electron chi connectivity index (χ0n) is 15.2. The highest BCUT2D eigenvalue weighted by atomic mass is 16.5. The van der Waals surface area contributed by atoms with Gasteiger partial charge >= 0.3 is 5.97 Å². The van der Waals surface area contributed by atoms with Crippen molar-refractivity contribution in [3.8, 4) is 5.69 Å². The van der Waals surface area contributed by atoms with Crippen LogP contribution in [0.1, 0.15) is 45.2 Å². The van der Waals surface area contributed by atoms with Gasteiger partial charge in [-0.25, -0.2) is 9.48 Å². The van der Waals surface area contributed by atoms with Crippen molar-refractivity contribution < 1.29 is 14.3 Å². The highest BCUT2D eigenvalue weighted by Crippen LogP contribution is 2.41. The van der Waals surface area contributed by atoms with Gasteiger partial charge in [0.1, 0.15) is 11.5 Å². The molecule has 1 amide bonds. The summed E-state index contributed by atoms with van der Waals surface area (Å²) in [5.41, 5.74) is 4.48. The number of H-pyrrole nitrogens is 1. The highest BCUT2D eigenvalue weighted by molar-refractivity contribution is 5.96. The van der Waals surface area contributed by atoms with Gasteiger partial charge in [0.25, 0.3) is 0 Å². The van der Waals surface area contributed by atoms with Crippen molar-refractivity contribution in [3.05, 3.63) is 58.5 Å². The van der Waals surface area contributed by atoms with E-state index < -0.39 is 5.97 Å². The average molecular weight is 365 g/mol. The van der Waals surface area contributed by atoms with Crippen molar-refractivity contribution in [2.45, 2.75) is 26.2 Å². The second kappa shape index (κ2) is 6.39. The molecular formula is C19H19N5O3. The van der Waals surface area contributed by atoms with Crippen LogP contribution in [0.15, 0.2) is 30.5 Å². The average Bonchev–Trinajstić information content (AvgIpc) is 3.26. The number of para-hydroxylation sites is 1. The molecule has 0 aliphatic carbocycles. The Morgan fingerprint density at radius 3 is 2.81 bits per heavy atom. The Hall–Kier alpha value is -3.42. The third-order valence-corrected chi connectivity index (χ3v) is 4.88. The first-order chi connectivity index (χ1) is 13.0. The molecule has 4 rings (SSSR count). The van der Waals surface area contributed by atoms with E-state index in [2.05, 4.69) is 20.6 Å². The molecule has 1 aromatic carbocycles. The number of esters is 1. The van der Waals surface area contributed by atoms with E-state index in [0.717, 1.165) is 22.5 Å². The number of aryl methyl sites for hydroxylation is 2. The Balaban J connectivity index is 1.90. The van der Waals surface area contributed by atoms with Gasteiger partial charge in [-0.1, -0.05) is 18.2 Å². The Labute approximate surface area is 155 Å². The van der Waals surface area contributed by atoms with Crippen LogP contribution in [0.2, 0.25) is 0 Å².